The molecule has 0 saturated heterocycles. The smallest absolute Gasteiger partial charge is 0.342 e. The van der Waals surface area contributed by atoms with Crippen molar-refractivity contribution in [1.82, 2.24) is 15.0 Å². The molecule has 9 heteroatoms. The number of rotatable bonds is 5. The number of aromatic hydroxyl groups is 1. The first-order valence-electron chi connectivity index (χ1n) is 8.38. The summed E-state index contributed by atoms with van der Waals surface area (Å²) in [7, 11) is 0. The molecule has 0 atom stereocenters. The number of benzene rings is 2. The van der Waals surface area contributed by atoms with Crippen molar-refractivity contribution in [3.05, 3.63) is 57.6 Å². The van der Waals surface area contributed by atoms with Crippen molar-refractivity contribution >= 4 is 21.9 Å². The molecular weight excluding hydrogens is 433 g/mol. The Morgan fingerprint density at radius 2 is 2.07 bits per heavy atom. The average molecular weight is 450 g/mol. The molecule has 28 heavy (non-hydrogen) atoms. The number of nitrogens with zero attached hydrogens (tertiary/aromatic N) is 3. The van der Waals surface area contributed by atoms with Crippen molar-refractivity contribution in [3.63, 3.8) is 0 Å². The molecule has 0 saturated carbocycles. The second-order valence-electron chi connectivity index (χ2n) is 5.97. The van der Waals surface area contributed by atoms with Crippen LogP contribution in [0, 0.1) is 12.7 Å². The molecule has 2 N–H and O–H groups in total. The molecule has 0 aliphatic heterocycles. The summed E-state index contributed by atoms with van der Waals surface area (Å²) in [4.78, 5) is 12.4. The number of carbonyl (C=O) groups is 1. The van der Waals surface area contributed by atoms with Gasteiger partial charge in [0.1, 0.15) is 22.8 Å². The molecule has 2 aromatic carbocycles. The highest BCUT2D eigenvalue weighted by atomic mass is 79.9. The molecule has 0 spiro atoms. The molecule has 146 valence electrons. The number of phenols is 1. The van der Waals surface area contributed by atoms with Gasteiger partial charge in [0, 0.05) is 15.6 Å². The second-order valence-corrected chi connectivity index (χ2v) is 6.82. The molecule has 0 bridgehead atoms. The quantitative estimate of drug-likeness (QED) is 0.578. The monoisotopic (exact) mass is 449 g/mol. The lowest BCUT2D eigenvalue weighted by Gasteiger charge is -2.17. The molecule has 3 aromatic rings. The Kier molecular flexibility index (Phi) is 5.76. The molecule has 1 heterocycles. The molecule has 0 amide bonds. The van der Waals surface area contributed by atoms with Crippen LogP contribution in [0.5, 0.6) is 5.75 Å². The molecule has 1 aromatic heterocycles. The fourth-order valence-corrected chi connectivity index (χ4v) is 3.33. The zero-order chi connectivity index (χ0) is 20.4. The van der Waals surface area contributed by atoms with Gasteiger partial charge in [0.05, 0.1) is 19.4 Å². The Morgan fingerprint density at radius 3 is 2.71 bits per heavy atom. The standard InChI is InChI=1S/C19H17BrFN3O4/c1-3-28-19(27)16-10(2)6-14(13-7-11(21)4-5-15(13)20)17(18(16)26)24-8-12(9-25)22-23-24/h4-8,25-26H,3,9H2,1-2H3. The number of hydrogen-bond acceptors (Lipinski definition) is 6. The Balaban J connectivity index is 2.35. The number of ether oxygens (including phenoxy) is 1. The summed E-state index contributed by atoms with van der Waals surface area (Å²) < 4.78 is 20.8. The molecule has 0 radical (unpaired) electrons. The van der Waals surface area contributed by atoms with E-state index in [4.69, 9.17) is 4.74 Å². The van der Waals surface area contributed by atoms with Gasteiger partial charge >= 0.3 is 5.97 Å². The molecule has 7 nitrogen and oxygen atoms in total. The summed E-state index contributed by atoms with van der Waals surface area (Å²) in [6.07, 6.45) is 1.41. The van der Waals surface area contributed by atoms with Crippen LogP contribution in [-0.2, 0) is 11.3 Å². The van der Waals surface area contributed by atoms with Crippen molar-refractivity contribution < 1.29 is 24.1 Å². The number of carbonyl (C=O) groups excluding carboxylic acids is 1. The molecule has 3 rings (SSSR count). The fourth-order valence-electron chi connectivity index (χ4n) is 2.87. The SMILES string of the molecule is CCOC(=O)c1c(C)cc(-c2cc(F)ccc2Br)c(-n2cc(CO)nn2)c1O. The minimum atomic E-state index is -0.689. The van der Waals surface area contributed by atoms with Crippen LogP contribution in [0.2, 0.25) is 0 Å². The third kappa shape index (κ3) is 3.63. The summed E-state index contributed by atoms with van der Waals surface area (Å²) in [5, 5.41) is 28.0. The van der Waals surface area contributed by atoms with E-state index in [1.165, 1.54) is 23.0 Å². The van der Waals surface area contributed by atoms with E-state index in [-0.39, 0.29) is 35.9 Å². The van der Waals surface area contributed by atoms with E-state index in [0.29, 0.717) is 21.2 Å². The van der Waals surface area contributed by atoms with Crippen LogP contribution in [0.4, 0.5) is 4.39 Å². The molecule has 0 aliphatic rings. The average Bonchev–Trinajstić information content (AvgIpc) is 3.12. The van der Waals surface area contributed by atoms with Gasteiger partial charge in [0.25, 0.3) is 0 Å². The highest BCUT2D eigenvalue weighted by Gasteiger charge is 2.25. The third-order valence-electron chi connectivity index (χ3n) is 4.10. The number of esters is 1. The van der Waals surface area contributed by atoms with Gasteiger partial charge in [-0.2, -0.15) is 0 Å². The number of aliphatic hydroxyl groups excluding tert-OH is 1. The zero-order valence-corrected chi connectivity index (χ0v) is 16.7. The first-order valence-corrected chi connectivity index (χ1v) is 9.18. The van der Waals surface area contributed by atoms with Crippen LogP contribution in [0.15, 0.2) is 34.9 Å². The molecule has 0 aliphatic carbocycles. The van der Waals surface area contributed by atoms with Gasteiger partial charge in [0.2, 0.25) is 0 Å². The lowest BCUT2D eigenvalue weighted by molar-refractivity contribution is 0.0522. The molecule has 0 unspecified atom stereocenters. The third-order valence-corrected chi connectivity index (χ3v) is 4.79. The van der Waals surface area contributed by atoms with E-state index in [0.717, 1.165) is 0 Å². The van der Waals surface area contributed by atoms with Crippen molar-refractivity contribution in [1.29, 1.82) is 0 Å². The van der Waals surface area contributed by atoms with E-state index < -0.39 is 11.8 Å². The minimum Gasteiger partial charge on any atom is -0.505 e. The summed E-state index contributed by atoms with van der Waals surface area (Å²) in [5.74, 6) is -1.53. The fraction of sp³-hybridized carbons (Fsp3) is 0.211. The van der Waals surface area contributed by atoms with Gasteiger partial charge in [-0.3, -0.25) is 0 Å². The van der Waals surface area contributed by atoms with Crippen LogP contribution in [-0.4, -0.2) is 37.8 Å². The number of hydrogen-bond donors (Lipinski definition) is 2. The van der Waals surface area contributed by atoms with Gasteiger partial charge in [-0.15, -0.1) is 5.10 Å². The number of phenolic OH excluding ortho intramolecular Hbond substituents is 1. The number of aliphatic hydroxyl groups is 1. The number of halogens is 2. The van der Waals surface area contributed by atoms with E-state index in [2.05, 4.69) is 26.2 Å². The van der Waals surface area contributed by atoms with Crippen LogP contribution < -0.4 is 0 Å². The number of aryl methyl sites for hydroxylation is 1. The summed E-state index contributed by atoms with van der Waals surface area (Å²) in [6, 6.07) is 5.78. The lowest BCUT2D eigenvalue weighted by Crippen LogP contribution is -2.10. The van der Waals surface area contributed by atoms with E-state index in [1.807, 2.05) is 0 Å². The minimum absolute atomic E-state index is 0.0193. The Hall–Kier alpha value is -2.78. The van der Waals surface area contributed by atoms with Gasteiger partial charge in [-0.1, -0.05) is 21.1 Å². The van der Waals surface area contributed by atoms with Gasteiger partial charge in [-0.05, 0) is 43.7 Å². The summed E-state index contributed by atoms with van der Waals surface area (Å²) in [5.41, 5.74) is 1.69. The van der Waals surface area contributed by atoms with Crippen LogP contribution in [0.1, 0.15) is 28.5 Å². The summed E-state index contributed by atoms with van der Waals surface area (Å²) >= 11 is 3.39. The topological polar surface area (TPSA) is 97.5 Å². The van der Waals surface area contributed by atoms with Crippen LogP contribution in [0.25, 0.3) is 16.8 Å². The van der Waals surface area contributed by atoms with Gasteiger partial charge in [-0.25, -0.2) is 13.9 Å². The van der Waals surface area contributed by atoms with Gasteiger partial charge < -0.3 is 14.9 Å². The lowest BCUT2D eigenvalue weighted by atomic mass is 9.96. The van der Waals surface area contributed by atoms with Crippen molar-refractivity contribution in [2.24, 2.45) is 0 Å². The predicted octanol–water partition coefficient (Wildman–Crippen LogP) is 3.52. The Morgan fingerprint density at radius 1 is 1.32 bits per heavy atom. The Bertz CT molecular complexity index is 1050. The first-order chi connectivity index (χ1) is 13.4. The molecule has 0 fully saturated rings. The summed E-state index contributed by atoms with van der Waals surface area (Å²) in [6.45, 7) is 3.10. The molecular formula is C19H17BrFN3O4. The van der Waals surface area contributed by atoms with E-state index in [9.17, 15) is 19.4 Å². The zero-order valence-electron chi connectivity index (χ0n) is 15.1. The first kappa shape index (κ1) is 20.0. The van der Waals surface area contributed by atoms with Crippen LogP contribution >= 0.6 is 15.9 Å². The largest absolute Gasteiger partial charge is 0.505 e. The van der Waals surface area contributed by atoms with Crippen molar-refractivity contribution in [2.45, 2.75) is 20.5 Å². The maximum Gasteiger partial charge on any atom is 0.342 e. The Labute approximate surface area is 168 Å². The van der Waals surface area contributed by atoms with Gasteiger partial charge in [0.15, 0.2) is 5.75 Å². The maximum absolute atomic E-state index is 13.9. The van der Waals surface area contributed by atoms with E-state index >= 15 is 0 Å². The predicted molar refractivity (Wildman–Crippen MR) is 103 cm³/mol. The second kappa shape index (κ2) is 8.07. The maximum atomic E-state index is 13.9. The van der Waals surface area contributed by atoms with Crippen molar-refractivity contribution in [3.8, 4) is 22.6 Å². The number of aromatic nitrogens is 3. The highest BCUT2D eigenvalue weighted by molar-refractivity contribution is 9.10. The highest BCUT2D eigenvalue weighted by Crippen LogP contribution is 2.41. The van der Waals surface area contributed by atoms with Crippen LogP contribution in [0.3, 0.4) is 0 Å². The normalized spacial score (nSPS) is 10.9. The van der Waals surface area contributed by atoms with Crippen molar-refractivity contribution in [2.75, 3.05) is 6.61 Å². The van der Waals surface area contributed by atoms with E-state index in [1.54, 1.807) is 26.0 Å².